The Bertz CT molecular complexity index is 3370. The Morgan fingerprint density at radius 2 is 1.06 bits per heavy atom. The fourth-order valence-corrected chi connectivity index (χ4v) is 7.70. The van der Waals surface area contributed by atoms with E-state index in [2.05, 4.69) is 36.3 Å². The number of ketones is 1. The van der Waals surface area contributed by atoms with Gasteiger partial charge in [-0.05, 0) is 78.9 Å². The molecular formula is C38H22N7Na3O13S3. The molecule has 3 N–H and O–H groups in total. The molecule has 1 aliphatic rings. The normalized spacial score (nSPS) is 13.5. The summed E-state index contributed by atoms with van der Waals surface area (Å²) in [5.74, 6) is -3.65. The van der Waals surface area contributed by atoms with Crippen molar-refractivity contribution in [2.45, 2.75) is 9.79 Å². The first-order valence-electron chi connectivity index (χ1n) is 17.0. The number of anilines is 2. The van der Waals surface area contributed by atoms with Crippen LogP contribution in [0.1, 0.15) is 15.9 Å². The molecule has 0 aliphatic heterocycles. The fraction of sp³-hybridized carbons (Fsp3) is 0. The zero-order valence-corrected chi connectivity index (χ0v) is 41.7. The molecule has 0 saturated heterocycles. The van der Waals surface area contributed by atoms with Gasteiger partial charge in [0.05, 0.1) is 43.1 Å². The molecule has 1 aliphatic carbocycles. The van der Waals surface area contributed by atoms with Crippen LogP contribution in [0.4, 0.5) is 34.1 Å². The maximum absolute atomic E-state index is 13.2. The number of carbonyl (C=O) groups is 3. The van der Waals surface area contributed by atoms with Crippen LogP contribution in [0.2, 0.25) is 0 Å². The van der Waals surface area contributed by atoms with E-state index in [0.29, 0.717) is 0 Å². The van der Waals surface area contributed by atoms with Crippen LogP contribution in [0.25, 0.3) is 26.5 Å². The second-order valence-electron chi connectivity index (χ2n) is 12.7. The molecule has 0 bridgehead atoms. The van der Waals surface area contributed by atoms with Gasteiger partial charge >= 0.3 is 101 Å². The smallest absolute Gasteiger partial charge is 0.744 e. The minimum atomic E-state index is -5.05. The van der Waals surface area contributed by atoms with Crippen molar-refractivity contribution in [3.63, 3.8) is 0 Å². The molecule has 6 aromatic rings. The molecule has 0 heterocycles. The average molecular weight is 950 g/mol. The van der Waals surface area contributed by atoms with Gasteiger partial charge in [-0.1, -0.05) is 36.4 Å². The van der Waals surface area contributed by atoms with Crippen LogP contribution in [0.15, 0.2) is 151 Å². The second kappa shape index (κ2) is 20.8. The number of azo groups is 2. The van der Waals surface area contributed by atoms with E-state index in [-0.39, 0.29) is 155 Å². The Balaban J connectivity index is 0.00000299. The summed E-state index contributed by atoms with van der Waals surface area (Å²) in [7, 11) is -15.0. The van der Waals surface area contributed by atoms with E-state index in [0.717, 1.165) is 30.3 Å². The van der Waals surface area contributed by atoms with Crippen molar-refractivity contribution < 1.29 is 147 Å². The van der Waals surface area contributed by atoms with Gasteiger partial charge in [0.2, 0.25) is 5.78 Å². The number of Topliss-reactive ketones (excluding diaryl/α,β-unsaturated/α-hetero) is 1. The summed E-state index contributed by atoms with van der Waals surface area (Å²) in [4.78, 5) is 33.6. The second-order valence-corrected chi connectivity index (χ2v) is 16.8. The molecule has 0 saturated carbocycles. The monoisotopic (exact) mass is 949 g/mol. The maximum atomic E-state index is 13.2. The van der Waals surface area contributed by atoms with Crippen LogP contribution < -0.4 is 99.4 Å². The topological polar surface area (TPSA) is 329 Å². The van der Waals surface area contributed by atoms with Crippen LogP contribution in [-0.4, -0.2) is 67.4 Å². The zero-order chi connectivity index (χ0) is 43.9. The Morgan fingerprint density at radius 1 is 0.562 bits per heavy atom. The van der Waals surface area contributed by atoms with Crippen LogP contribution in [0.5, 0.6) is 0 Å². The number of rotatable bonds is 10. The Hall–Kier alpha value is -4.41. The predicted molar refractivity (Wildman–Crippen MR) is 214 cm³/mol. The minimum Gasteiger partial charge on any atom is -0.744 e. The molecule has 7 rings (SSSR count). The van der Waals surface area contributed by atoms with Crippen molar-refractivity contribution in [1.29, 1.82) is 0 Å². The number of allylic oxidation sites excluding steroid dienone is 1. The summed E-state index contributed by atoms with van der Waals surface area (Å²) >= 11 is 0. The molecule has 0 unspecified atom stereocenters. The molecular weight excluding hydrogens is 928 g/mol. The van der Waals surface area contributed by atoms with Crippen LogP contribution in [0, 0.1) is 0 Å². The van der Waals surface area contributed by atoms with Crippen molar-refractivity contribution in [2.75, 3.05) is 10.7 Å². The standard InChI is InChI=1S/C38H25N7O13S3.3Na/c46-36-27-4-2-1-3-26(27)35(61(56,57)58)19-34(36)45-43-31-14-16-33(29-18-23(60(53,54)55)10-12-25(29)31)44-42-30-13-15-32(28-17-22(59(50,51)52)9-11-24(28)30)41-40-21-7-5-20(6-8-21)39-37(47)38(48)49;;;/h1-19,43H,(H,39,47)(H,48,49)(H,50,51,52)(H,53,54,55)(H,56,57,58);;;/q;3*+1/p-3/b41-40?,44-42?,45-34-;;;. The van der Waals surface area contributed by atoms with Gasteiger partial charge in [0.1, 0.15) is 36.1 Å². The molecule has 20 nitrogen and oxygen atoms in total. The van der Waals surface area contributed by atoms with Crippen LogP contribution >= 0.6 is 0 Å². The van der Waals surface area contributed by atoms with E-state index in [1.165, 1.54) is 84.9 Å². The van der Waals surface area contributed by atoms with E-state index >= 15 is 0 Å². The van der Waals surface area contributed by atoms with Crippen molar-refractivity contribution in [3.05, 3.63) is 126 Å². The molecule has 0 radical (unpaired) electrons. The quantitative estimate of drug-likeness (QED) is 0.0412. The third kappa shape index (κ3) is 11.7. The largest absolute Gasteiger partial charge is 1.00 e. The number of hydrogen-bond donors (Lipinski definition) is 3. The van der Waals surface area contributed by atoms with E-state index in [9.17, 15) is 53.3 Å². The summed E-state index contributed by atoms with van der Waals surface area (Å²) < 4.78 is 108. The number of fused-ring (bicyclic) bond motifs is 3. The summed E-state index contributed by atoms with van der Waals surface area (Å²) in [5, 5.41) is 32.4. The molecule has 1 amide bonds. The molecule has 0 aromatic heterocycles. The number of nitrogens with zero attached hydrogens (tertiary/aromatic N) is 5. The SMILES string of the molecule is O=C(O)C(=O)Nc1ccc(N=Nc2ccc(N=Nc3ccc(N/N=C4/C=C(S(=O)(=O)[O-])c5ccccc5C4=O)c4ccc(S(=O)(=O)[O-])cc34)c3ccc(S(=O)(=O)[O-])cc23)cc1.[Na+].[Na+].[Na+]. The van der Waals surface area contributed by atoms with Gasteiger partial charge in [0, 0.05) is 38.4 Å². The summed E-state index contributed by atoms with van der Waals surface area (Å²) in [6, 6.07) is 23.3. The van der Waals surface area contributed by atoms with Gasteiger partial charge in [0.15, 0.2) is 0 Å². The Labute approximate surface area is 429 Å². The van der Waals surface area contributed by atoms with Crippen LogP contribution in [0.3, 0.4) is 0 Å². The van der Waals surface area contributed by atoms with Crippen molar-refractivity contribution in [2.24, 2.45) is 25.6 Å². The summed E-state index contributed by atoms with van der Waals surface area (Å²) in [6.07, 6.45) is 0.824. The first kappa shape index (κ1) is 52.2. The molecule has 6 aromatic carbocycles. The number of carboxylic acids is 1. The number of carbonyl (C=O) groups excluding carboxylic acids is 2. The minimum absolute atomic E-state index is 0. The van der Waals surface area contributed by atoms with Crippen molar-refractivity contribution in [3.8, 4) is 0 Å². The van der Waals surface area contributed by atoms with Gasteiger partial charge in [-0.3, -0.25) is 15.0 Å². The molecule has 0 atom stereocenters. The Kier molecular flexibility index (Phi) is 17.0. The number of hydrogen-bond acceptors (Lipinski definition) is 18. The molecule has 0 fully saturated rings. The molecule has 0 spiro atoms. The van der Waals surface area contributed by atoms with Gasteiger partial charge < -0.3 is 24.1 Å². The zero-order valence-electron chi connectivity index (χ0n) is 33.3. The van der Waals surface area contributed by atoms with E-state index in [4.69, 9.17) is 5.11 Å². The third-order valence-electron chi connectivity index (χ3n) is 8.85. The summed E-state index contributed by atoms with van der Waals surface area (Å²) in [6.45, 7) is 0. The van der Waals surface area contributed by atoms with Crippen molar-refractivity contribution >= 4 is 114 Å². The fourth-order valence-electron chi connectivity index (χ4n) is 6.01. The summed E-state index contributed by atoms with van der Waals surface area (Å²) in [5.41, 5.74) is 2.71. The first-order valence-corrected chi connectivity index (χ1v) is 21.2. The van der Waals surface area contributed by atoms with Gasteiger partial charge in [-0.15, -0.1) is 15.3 Å². The number of hydrazone groups is 1. The number of nitrogens with one attached hydrogen (secondary N) is 2. The van der Waals surface area contributed by atoms with Gasteiger partial charge in [-0.25, -0.2) is 30.0 Å². The predicted octanol–water partition coefficient (Wildman–Crippen LogP) is -2.78. The average Bonchev–Trinajstić information content (AvgIpc) is 3.21. The molecule has 308 valence electrons. The van der Waals surface area contributed by atoms with E-state index in [1.54, 1.807) is 0 Å². The van der Waals surface area contributed by atoms with Gasteiger partial charge in [0.25, 0.3) is 0 Å². The molecule has 26 heteroatoms. The van der Waals surface area contributed by atoms with E-state index < -0.39 is 68.4 Å². The number of amides is 1. The van der Waals surface area contributed by atoms with Gasteiger partial charge in [-0.2, -0.15) is 10.2 Å². The third-order valence-corrected chi connectivity index (χ3v) is 11.4. The number of benzene rings is 6. The van der Waals surface area contributed by atoms with Crippen LogP contribution in [-0.2, 0) is 39.9 Å². The maximum Gasteiger partial charge on any atom is 1.00 e. The van der Waals surface area contributed by atoms with E-state index in [1.807, 2.05) is 0 Å². The number of aliphatic carboxylic acids is 1. The molecule has 64 heavy (non-hydrogen) atoms. The Morgan fingerprint density at radius 3 is 1.61 bits per heavy atom. The number of carboxylic acid groups (broad SMARTS) is 1. The first-order chi connectivity index (χ1) is 28.8. The van der Waals surface area contributed by atoms with Crippen molar-refractivity contribution in [1.82, 2.24) is 0 Å².